The van der Waals surface area contributed by atoms with Gasteiger partial charge in [-0.15, -0.1) is 0 Å². The summed E-state index contributed by atoms with van der Waals surface area (Å²) in [5, 5.41) is 19.0. The lowest BCUT2D eigenvalue weighted by Crippen LogP contribution is -2.42. The lowest BCUT2D eigenvalue weighted by molar-refractivity contribution is -0.0463. The largest absolute Gasteiger partial charge is 0.497 e. The summed E-state index contributed by atoms with van der Waals surface area (Å²) >= 11 is 0. The van der Waals surface area contributed by atoms with Gasteiger partial charge in [0, 0.05) is 24.2 Å². The molecule has 0 spiro atoms. The first-order valence-corrected chi connectivity index (χ1v) is 8.38. The maximum atomic E-state index is 12.7. The average molecular weight is 376 g/mol. The minimum absolute atomic E-state index is 0.0904. The number of ketones is 1. The van der Waals surface area contributed by atoms with Gasteiger partial charge >= 0.3 is 5.69 Å². The maximum absolute atomic E-state index is 12.7. The number of carbonyl (C=O) groups is 1. The van der Waals surface area contributed by atoms with Crippen molar-refractivity contribution in [1.29, 1.82) is 0 Å². The molecular weight excluding hydrogens is 356 g/mol. The van der Waals surface area contributed by atoms with Crippen molar-refractivity contribution in [3.05, 3.63) is 62.9 Å². The highest BCUT2D eigenvalue weighted by molar-refractivity contribution is 5.96. The van der Waals surface area contributed by atoms with Crippen LogP contribution in [0.5, 0.6) is 5.75 Å². The van der Waals surface area contributed by atoms with Gasteiger partial charge in [0.15, 0.2) is 5.78 Å². The van der Waals surface area contributed by atoms with E-state index in [2.05, 4.69) is 0 Å². The molecule has 1 aliphatic rings. The third kappa shape index (κ3) is 3.85. The van der Waals surface area contributed by atoms with E-state index in [0.29, 0.717) is 11.3 Å². The third-order valence-electron chi connectivity index (χ3n) is 4.48. The van der Waals surface area contributed by atoms with Crippen molar-refractivity contribution in [2.24, 2.45) is 0 Å². The topological polar surface area (TPSA) is 120 Å². The Balaban J connectivity index is 1.89. The van der Waals surface area contributed by atoms with E-state index in [4.69, 9.17) is 9.47 Å². The second-order valence-corrected chi connectivity index (χ2v) is 6.20. The van der Waals surface area contributed by atoms with Crippen LogP contribution in [0.15, 0.2) is 46.1 Å². The number of ether oxygens (including phenoxy) is 2. The standard InChI is InChI=1S/C18H20N2O7/c1-26-12-4-2-3-11(7-12)14(23)9-20-16(24)5-6-19(18(20)25)17-8-13(22)15(10-21)27-17/h2-7,13,15,17,21-22H,8-10H2,1H3/t13-,15+,17+/m0/s1. The summed E-state index contributed by atoms with van der Waals surface area (Å²) in [6, 6.07) is 7.57. The van der Waals surface area contributed by atoms with Crippen molar-refractivity contribution in [3.8, 4) is 5.75 Å². The number of methoxy groups -OCH3 is 1. The quantitative estimate of drug-likeness (QED) is 0.655. The number of benzene rings is 1. The monoisotopic (exact) mass is 376 g/mol. The summed E-state index contributed by atoms with van der Waals surface area (Å²) in [7, 11) is 1.47. The van der Waals surface area contributed by atoms with Crippen molar-refractivity contribution in [2.45, 2.75) is 31.4 Å². The van der Waals surface area contributed by atoms with Gasteiger partial charge in [-0.2, -0.15) is 0 Å². The Hall–Kier alpha value is -2.75. The summed E-state index contributed by atoms with van der Waals surface area (Å²) in [5.74, 6) is 0.0634. The van der Waals surface area contributed by atoms with Crippen molar-refractivity contribution in [1.82, 2.24) is 9.13 Å². The van der Waals surface area contributed by atoms with Gasteiger partial charge in [0.05, 0.1) is 26.4 Å². The molecule has 9 heteroatoms. The molecule has 9 nitrogen and oxygen atoms in total. The van der Waals surface area contributed by atoms with Crippen LogP contribution in [-0.2, 0) is 11.3 Å². The van der Waals surface area contributed by atoms with Crippen molar-refractivity contribution in [3.63, 3.8) is 0 Å². The summed E-state index contributed by atoms with van der Waals surface area (Å²) in [4.78, 5) is 37.3. The van der Waals surface area contributed by atoms with Gasteiger partial charge in [-0.05, 0) is 12.1 Å². The molecule has 1 aliphatic heterocycles. The predicted octanol–water partition coefficient (Wildman–Crippen LogP) is -0.458. The molecule has 1 saturated heterocycles. The molecular formula is C18H20N2O7. The van der Waals surface area contributed by atoms with Gasteiger partial charge in [-0.1, -0.05) is 12.1 Å². The zero-order valence-corrected chi connectivity index (χ0v) is 14.6. The summed E-state index contributed by atoms with van der Waals surface area (Å²) in [6.45, 7) is -0.829. The Kier molecular flexibility index (Phi) is 5.54. The van der Waals surface area contributed by atoms with E-state index >= 15 is 0 Å². The Labute approximate surface area is 154 Å². The minimum atomic E-state index is -0.925. The van der Waals surface area contributed by atoms with Crippen LogP contribution in [-0.4, -0.2) is 51.1 Å². The normalized spacial score (nSPS) is 22.0. The van der Waals surface area contributed by atoms with Crippen molar-refractivity contribution < 1.29 is 24.5 Å². The Bertz CT molecular complexity index is 949. The van der Waals surface area contributed by atoms with Gasteiger partial charge in [-0.3, -0.25) is 18.7 Å². The lowest BCUT2D eigenvalue weighted by atomic mass is 10.1. The zero-order valence-electron chi connectivity index (χ0n) is 14.6. The number of hydrogen-bond donors (Lipinski definition) is 2. The van der Waals surface area contributed by atoms with Crippen LogP contribution in [0.1, 0.15) is 23.0 Å². The first-order valence-electron chi connectivity index (χ1n) is 8.38. The van der Waals surface area contributed by atoms with Crippen LogP contribution in [0.2, 0.25) is 0 Å². The molecule has 2 aromatic rings. The van der Waals surface area contributed by atoms with E-state index in [1.165, 1.54) is 19.4 Å². The van der Waals surface area contributed by atoms with Crippen molar-refractivity contribution in [2.75, 3.05) is 13.7 Å². The molecule has 0 radical (unpaired) electrons. The molecule has 0 aliphatic carbocycles. The van der Waals surface area contributed by atoms with Crippen molar-refractivity contribution >= 4 is 5.78 Å². The number of nitrogens with zero attached hydrogens (tertiary/aromatic N) is 2. The number of Topliss-reactive ketones (excluding diaryl/α,β-unsaturated/α-hetero) is 1. The summed E-state index contributed by atoms with van der Waals surface area (Å²) < 4.78 is 12.5. The first kappa shape index (κ1) is 19.0. The Morgan fingerprint density at radius 3 is 2.78 bits per heavy atom. The smallest absolute Gasteiger partial charge is 0.333 e. The van der Waals surface area contributed by atoms with Gasteiger partial charge in [0.1, 0.15) is 18.1 Å². The average Bonchev–Trinajstić information content (AvgIpc) is 3.05. The summed E-state index contributed by atoms with van der Waals surface area (Å²) in [6.07, 6.45) is -1.21. The van der Waals surface area contributed by atoms with Crippen LogP contribution >= 0.6 is 0 Å². The van der Waals surface area contributed by atoms with E-state index in [1.54, 1.807) is 18.2 Å². The second kappa shape index (κ2) is 7.87. The molecule has 0 unspecified atom stereocenters. The fourth-order valence-corrected chi connectivity index (χ4v) is 2.98. The molecule has 3 rings (SSSR count). The Morgan fingerprint density at radius 2 is 2.11 bits per heavy atom. The highest BCUT2D eigenvalue weighted by atomic mass is 16.5. The molecule has 2 heterocycles. The fraction of sp³-hybridized carbons (Fsp3) is 0.389. The first-order chi connectivity index (χ1) is 12.9. The molecule has 27 heavy (non-hydrogen) atoms. The number of hydrogen-bond acceptors (Lipinski definition) is 7. The highest BCUT2D eigenvalue weighted by Gasteiger charge is 2.35. The molecule has 0 saturated carbocycles. The molecule has 1 aromatic heterocycles. The van der Waals surface area contributed by atoms with Crippen LogP contribution in [0.3, 0.4) is 0 Å². The molecule has 1 aromatic carbocycles. The third-order valence-corrected chi connectivity index (χ3v) is 4.48. The number of carbonyl (C=O) groups excluding carboxylic acids is 1. The van der Waals surface area contributed by atoms with E-state index in [-0.39, 0.29) is 13.0 Å². The van der Waals surface area contributed by atoms with E-state index < -0.39 is 42.0 Å². The lowest BCUT2D eigenvalue weighted by Gasteiger charge is -2.16. The molecule has 2 N–H and O–H groups in total. The van der Waals surface area contributed by atoms with E-state index in [0.717, 1.165) is 15.2 Å². The van der Waals surface area contributed by atoms with Crippen LogP contribution in [0, 0.1) is 0 Å². The van der Waals surface area contributed by atoms with E-state index in [1.807, 2.05) is 0 Å². The number of aliphatic hydroxyl groups excluding tert-OH is 2. The van der Waals surface area contributed by atoms with Gasteiger partial charge in [-0.25, -0.2) is 4.79 Å². The van der Waals surface area contributed by atoms with Gasteiger partial charge < -0.3 is 19.7 Å². The SMILES string of the molecule is COc1cccc(C(=O)Cn2c(=O)ccn([C@H]3C[C@H](O)[C@@H](CO)O3)c2=O)c1. The Morgan fingerprint density at radius 1 is 1.33 bits per heavy atom. The molecule has 0 amide bonds. The van der Waals surface area contributed by atoms with Crippen LogP contribution in [0.4, 0.5) is 0 Å². The minimum Gasteiger partial charge on any atom is -0.497 e. The van der Waals surface area contributed by atoms with Gasteiger partial charge in [0.25, 0.3) is 5.56 Å². The summed E-state index contributed by atoms with van der Waals surface area (Å²) in [5.41, 5.74) is -1.04. The zero-order chi connectivity index (χ0) is 19.6. The highest BCUT2D eigenvalue weighted by Crippen LogP contribution is 2.27. The second-order valence-electron chi connectivity index (χ2n) is 6.20. The van der Waals surface area contributed by atoms with Crippen LogP contribution in [0.25, 0.3) is 0 Å². The maximum Gasteiger partial charge on any atom is 0.333 e. The molecule has 0 bridgehead atoms. The molecule has 1 fully saturated rings. The van der Waals surface area contributed by atoms with E-state index in [9.17, 15) is 24.6 Å². The predicted molar refractivity (Wildman–Crippen MR) is 93.9 cm³/mol. The number of aromatic nitrogens is 2. The fourth-order valence-electron chi connectivity index (χ4n) is 2.98. The molecule has 3 atom stereocenters. The number of aliphatic hydroxyl groups is 2. The number of rotatable bonds is 6. The van der Waals surface area contributed by atoms with Gasteiger partial charge in [0.2, 0.25) is 0 Å². The molecule has 144 valence electrons. The van der Waals surface area contributed by atoms with Crippen LogP contribution < -0.4 is 16.0 Å².